The molecule has 2 rings (SSSR count). The van der Waals surface area contributed by atoms with E-state index in [1.807, 2.05) is 18.2 Å². The lowest BCUT2D eigenvalue weighted by molar-refractivity contribution is 0.393. The van der Waals surface area contributed by atoms with Gasteiger partial charge in [0.2, 0.25) is 0 Å². The highest BCUT2D eigenvalue weighted by Gasteiger charge is 2.20. The summed E-state index contributed by atoms with van der Waals surface area (Å²) in [6, 6.07) is 5.88. The van der Waals surface area contributed by atoms with Crippen molar-refractivity contribution in [2.45, 2.75) is 18.8 Å². The van der Waals surface area contributed by atoms with Crippen LogP contribution in [0.1, 0.15) is 24.3 Å². The fourth-order valence-electron chi connectivity index (χ4n) is 2.27. The number of benzene rings is 1. The lowest BCUT2D eigenvalue weighted by Gasteiger charge is -2.25. The van der Waals surface area contributed by atoms with E-state index in [1.54, 1.807) is 7.11 Å². The molecule has 1 atom stereocenters. The molecule has 3 N–H and O–H groups in total. The van der Waals surface area contributed by atoms with Crippen LogP contribution in [0.15, 0.2) is 18.2 Å². The predicted molar refractivity (Wildman–Crippen MR) is 62.3 cm³/mol. The van der Waals surface area contributed by atoms with Crippen LogP contribution in [0.5, 0.6) is 5.75 Å². The zero-order valence-electron chi connectivity index (χ0n) is 9.12. The summed E-state index contributed by atoms with van der Waals surface area (Å²) in [6.07, 6.45) is 2.40. The molecule has 3 nitrogen and oxygen atoms in total. The Hall–Kier alpha value is -1.22. The van der Waals surface area contributed by atoms with Crippen molar-refractivity contribution < 1.29 is 4.74 Å². The zero-order chi connectivity index (χ0) is 10.7. The van der Waals surface area contributed by atoms with Crippen molar-refractivity contribution in [3.05, 3.63) is 23.8 Å². The van der Waals surface area contributed by atoms with Crippen LogP contribution in [0.25, 0.3) is 0 Å². The van der Waals surface area contributed by atoms with Crippen molar-refractivity contribution in [1.82, 2.24) is 5.32 Å². The molecular weight excluding hydrogens is 188 g/mol. The molecule has 0 radical (unpaired) electrons. The molecule has 1 aromatic rings. The van der Waals surface area contributed by atoms with E-state index in [2.05, 4.69) is 5.32 Å². The van der Waals surface area contributed by atoms with Crippen LogP contribution in [0.4, 0.5) is 5.69 Å². The third-order valence-corrected chi connectivity index (χ3v) is 3.02. The minimum absolute atomic E-state index is 0.495. The van der Waals surface area contributed by atoms with E-state index >= 15 is 0 Å². The highest BCUT2D eigenvalue weighted by Crippen LogP contribution is 2.35. The van der Waals surface area contributed by atoms with Gasteiger partial charge < -0.3 is 15.8 Å². The molecule has 1 aliphatic heterocycles. The first-order valence-electron chi connectivity index (χ1n) is 5.46. The van der Waals surface area contributed by atoms with Crippen LogP contribution >= 0.6 is 0 Å². The minimum Gasteiger partial charge on any atom is -0.496 e. The topological polar surface area (TPSA) is 47.3 Å². The Morgan fingerprint density at radius 1 is 1.47 bits per heavy atom. The van der Waals surface area contributed by atoms with Crippen LogP contribution < -0.4 is 15.8 Å². The fraction of sp³-hybridized carbons (Fsp3) is 0.500. The number of rotatable bonds is 2. The van der Waals surface area contributed by atoms with Crippen molar-refractivity contribution >= 4 is 5.69 Å². The van der Waals surface area contributed by atoms with Crippen LogP contribution in [-0.2, 0) is 0 Å². The quantitative estimate of drug-likeness (QED) is 0.725. The molecule has 15 heavy (non-hydrogen) atoms. The second kappa shape index (κ2) is 4.53. The van der Waals surface area contributed by atoms with Gasteiger partial charge in [0.25, 0.3) is 0 Å². The molecule has 1 fully saturated rings. The number of nitrogens with two attached hydrogens (primary N) is 1. The average molecular weight is 206 g/mol. The van der Waals surface area contributed by atoms with E-state index in [4.69, 9.17) is 10.5 Å². The van der Waals surface area contributed by atoms with Crippen LogP contribution in [0.2, 0.25) is 0 Å². The Kier molecular flexibility index (Phi) is 3.11. The number of nitrogens with one attached hydrogen (secondary N) is 1. The van der Waals surface area contributed by atoms with Gasteiger partial charge in [0.1, 0.15) is 5.75 Å². The lowest BCUT2D eigenvalue weighted by Crippen LogP contribution is -2.29. The predicted octanol–water partition coefficient (Wildman–Crippen LogP) is 1.74. The fourth-order valence-corrected chi connectivity index (χ4v) is 2.27. The first-order valence-corrected chi connectivity index (χ1v) is 5.46. The van der Waals surface area contributed by atoms with Gasteiger partial charge in [0.05, 0.1) is 7.11 Å². The Labute approximate surface area is 90.6 Å². The van der Waals surface area contributed by atoms with Gasteiger partial charge in [0, 0.05) is 23.7 Å². The van der Waals surface area contributed by atoms with Crippen molar-refractivity contribution in [2.24, 2.45) is 0 Å². The van der Waals surface area contributed by atoms with Gasteiger partial charge in [-0.15, -0.1) is 0 Å². The van der Waals surface area contributed by atoms with Crippen molar-refractivity contribution in [1.29, 1.82) is 0 Å². The number of ether oxygens (including phenoxy) is 1. The highest BCUT2D eigenvalue weighted by atomic mass is 16.5. The summed E-state index contributed by atoms with van der Waals surface area (Å²) in [7, 11) is 1.70. The van der Waals surface area contributed by atoms with Crippen LogP contribution in [0.3, 0.4) is 0 Å². The second-order valence-corrected chi connectivity index (χ2v) is 4.01. The highest BCUT2D eigenvalue weighted by molar-refractivity contribution is 5.56. The molecule has 0 bridgehead atoms. The first kappa shape index (κ1) is 10.3. The molecule has 1 saturated heterocycles. The monoisotopic (exact) mass is 206 g/mol. The molecule has 0 amide bonds. The zero-order valence-corrected chi connectivity index (χ0v) is 9.12. The van der Waals surface area contributed by atoms with Gasteiger partial charge in [-0.25, -0.2) is 0 Å². The molecule has 0 spiro atoms. The number of hydrogen-bond acceptors (Lipinski definition) is 3. The van der Waals surface area contributed by atoms with Crippen LogP contribution in [-0.4, -0.2) is 20.2 Å². The summed E-state index contributed by atoms with van der Waals surface area (Å²) in [5.74, 6) is 1.42. The smallest absolute Gasteiger partial charge is 0.124 e. The number of anilines is 1. The van der Waals surface area contributed by atoms with Crippen molar-refractivity contribution in [3.8, 4) is 5.75 Å². The van der Waals surface area contributed by atoms with Crippen molar-refractivity contribution in [3.63, 3.8) is 0 Å². The summed E-state index contributed by atoms with van der Waals surface area (Å²) in [6.45, 7) is 2.12. The van der Waals surface area contributed by atoms with Crippen LogP contribution in [0, 0.1) is 0 Å². The lowest BCUT2D eigenvalue weighted by atomic mass is 9.90. The maximum atomic E-state index is 6.02. The molecule has 1 heterocycles. The Bertz CT molecular complexity index is 332. The van der Waals surface area contributed by atoms with Gasteiger partial charge in [-0.1, -0.05) is 6.07 Å². The molecule has 0 aromatic heterocycles. The van der Waals surface area contributed by atoms with Gasteiger partial charge >= 0.3 is 0 Å². The van der Waals surface area contributed by atoms with E-state index in [-0.39, 0.29) is 0 Å². The number of methoxy groups -OCH3 is 1. The molecule has 3 heteroatoms. The van der Waals surface area contributed by atoms with Crippen molar-refractivity contribution in [2.75, 3.05) is 25.9 Å². The van der Waals surface area contributed by atoms with E-state index in [9.17, 15) is 0 Å². The third-order valence-electron chi connectivity index (χ3n) is 3.02. The van der Waals surface area contributed by atoms with Gasteiger partial charge in [-0.2, -0.15) is 0 Å². The summed E-state index contributed by atoms with van der Waals surface area (Å²) in [4.78, 5) is 0. The summed E-state index contributed by atoms with van der Waals surface area (Å²) in [5, 5.41) is 3.40. The van der Waals surface area contributed by atoms with E-state index in [0.29, 0.717) is 5.92 Å². The largest absolute Gasteiger partial charge is 0.496 e. The SMILES string of the molecule is COc1cccc(N)c1C1CCCNC1. The minimum atomic E-state index is 0.495. The normalized spacial score (nSPS) is 21.3. The maximum absolute atomic E-state index is 6.02. The van der Waals surface area contributed by atoms with E-state index in [0.717, 1.165) is 24.5 Å². The number of hydrogen-bond donors (Lipinski definition) is 2. The molecule has 0 saturated carbocycles. The van der Waals surface area contributed by atoms with Gasteiger partial charge in [-0.3, -0.25) is 0 Å². The third kappa shape index (κ3) is 2.07. The molecule has 1 unspecified atom stereocenters. The second-order valence-electron chi connectivity index (χ2n) is 4.01. The Morgan fingerprint density at radius 2 is 2.33 bits per heavy atom. The summed E-state index contributed by atoms with van der Waals surface area (Å²) >= 11 is 0. The average Bonchev–Trinajstić information content (AvgIpc) is 2.29. The molecular formula is C12H18N2O. The number of nitrogen functional groups attached to an aromatic ring is 1. The molecule has 82 valence electrons. The molecule has 1 aliphatic rings. The summed E-state index contributed by atoms with van der Waals surface area (Å²) in [5.41, 5.74) is 8.04. The van der Waals surface area contributed by atoms with Gasteiger partial charge in [0.15, 0.2) is 0 Å². The van der Waals surface area contributed by atoms with Gasteiger partial charge in [-0.05, 0) is 31.5 Å². The maximum Gasteiger partial charge on any atom is 0.124 e. The standard InChI is InChI=1S/C12H18N2O/c1-15-11-6-2-5-10(13)12(11)9-4-3-7-14-8-9/h2,5-6,9,14H,3-4,7-8,13H2,1H3. The molecule has 0 aliphatic carbocycles. The first-order chi connectivity index (χ1) is 7.33. The van der Waals surface area contributed by atoms with E-state index < -0.39 is 0 Å². The Morgan fingerprint density at radius 3 is 3.00 bits per heavy atom. The molecule has 1 aromatic carbocycles. The summed E-state index contributed by atoms with van der Waals surface area (Å²) < 4.78 is 5.37. The number of piperidine rings is 1. The van der Waals surface area contributed by atoms with E-state index in [1.165, 1.54) is 18.4 Å². The Balaban J connectivity index is 2.31.